The van der Waals surface area contributed by atoms with Gasteiger partial charge in [0.05, 0.1) is 29.3 Å². The molecule has 8 heteroatoms. The zero-order valence-corrected chi connectivity index (χ0v) is 26.7. The first-order chi connectivity index (χ1) is 21.5. The maximum atomic E-state index is 14.1. The molecule has 8 nitrogen and oxygen atoms in total. The summed E-state index contributed by atoms with van der Waals surface area (Å²) in [7, 11) is 0. The molecule has 3 aromatic carbocycles. The molecule has 2 amide bonds. The molecule has 0 spiro atoms. The highest BCUT2D eigenvalue weighted by Crippen LogP contribution is 2.36. The molecule has 232 valence electrons. The van der Waals surface area contributed by atoms with Gasteiger partial charge in [0.15, 0.2) is 5.78 Å². The lowest BCUT2D eigenvalue weighted by Gasteiger charge is -2.30. The first kappa shape index (κ1) is 31.7. The van der Waals surface area contributed by atoms with Crippen LogP contribution in [0.15, 0.2) is 78.9 Å². The van der Waals surface area contributed by atoms with Crippen molar-refractivity contribution < 1.29 is 9.59 Å². The van der Waals surface area contributed by atoms with Crippen LogP contribution in [-0.4, -0.2) is 34.7 Å². The van der Waals surface area contributed by atoms with Gasteiger partial charge in [-0.1, -0.05) is 68.8 Å². The highest BCUT2D eigenvalue weighted by molar-refractivity contribution is 6.02. The summed E-state index contributed by atoms with van der Waals surface area (Å²) in [5.74, 6) is 0.0724. The summed E-state index contributed by atoms with van der Waals surface area (Å²) in [5.41, 5.74) is 5.54. The molecular weight excluding hydrogens is 560 g/mol. The van der Waals surface area contributed by atoms with Gasteiger partial charge in [-0.05, 0) is 87.2 Å². The second kappa shape index (κ2) is 13.5. The fraction of sp³-hybridized carbons (Fsp3) is 0.351. The summed E-state index contributed by atoms with van der Waals surface area (Å²) in [5, 5.41) is 23.6. The number of amides is 2. The molecule has 5 rings (SSSR count). The van der Waals surface area contributed by atoms with E-state index in [0.717, 1.165) is 54.0 Å². The second-order valence-electron chi connectivity index (χ2n) is 13.0. The van der Waals surface area contributed by atoms with Crippen LogP contribution in [-0.2, 0) is 5.41 Å². The molecule has 1 saturated heterocycles. The molecule has 0 radical (unpaired) electrons. The van der Waals surface area contributed by atoms with Gasteiger partial charge in [0.1, 0.15) is 5.82 Å². The molecule has 1 aliphatic heterocycles. The smallest absolute Gasteiger partial charge is 0.317 e. The standard InChI is InChI=1S/C37H42N6O2/c1-24-12-14-31(15-13-24)43-33(22-32(42-43)37(3,4)5)41-36(45)40-30-11-7-9-28(21-30)34(26-16-18-39-19-17-26)35(44)29-10-6-8-27(20-29)25(2)23-38/h6-15,20-22,25-26,34,39H,16-19H2,1-5H3,(H2,40,41,45)/t25-,34?/m0/s1. The fourth-order valence-corrected chi connectivity index (χ4v) is 5.84. The molecule has 0 bridgehead atoms. The lowest BCUT2D eigenvalue weighted by atomic mass is 9.76. The average molecular weight is 603 g/mol. The van der Waals surface area contributed by atoms with Crippen LogP contribution in [0.2, 0.25) is 0 Å². The van der Waals surface area contributed by atoms with E-state index in [-0.39, 0.29) is 29.0 Å². The van der Waals surface area contributed by atoms with Crippen LogP contribution in [0.25, 0.3) is 5.69 Å². The van der Waals surface area contributed by atoms with E-state index < -0.39 is 6.03 Å². The van der Waals surface area contributed by atoms with Gasteiger partial charge in [-0.15, -0.1) is 0 Å². The number of piperidine rings is 1. The first-order valence-corrected chi connectivity index (χ1v) is 15.6. The molecule has 1 aromatic heterocycles. The lowest BCUT2D eigenvalue weighted by Crippen LogP contribution is -2.33. The molecule has 1 fully saturated rings. The topological polar surface area (TPSA) is 112 Å². The Kier molecular flexibility index (Phi) is 9.50. The molecule has 2 heterocycles. The van der Waals surface area contributed by atoms with Crippen molar-refractivity contribution in [1.82, 2.24) is 15.1 Å². The minimum absolute atomic E-state index is 0.0344. The van der Waals surface area contributed by atoms with E-state index in [0.29, 0.717) is 17.1 Å². The van der Waals surface area contributed by atoms with Crippen LogP contribution in [0, 0.1) is 24.2 Å². The van der Waals surface area contributed by atoms with Gasteiger partial charge < -0.3 is 10.6 Å². The highest BCUT2D eigenvalue weighted by Gasteiger charge is 2.32. The van der Waals surface area contributed by atoms with Gasteiger partial charge in [-0.2, -0.15) is 10.4 Å². The third kappa shape index (κ3) is 7.50. The number of rotatable bonds is 8. The Labute approximate surface area is 265 Å². The van der Waals surface area contributed by atoms with Crippen molar-refractivity contribution in [2.75, 3.05) is 23.7 Å². The number of benzene rings is 3. The van der Waals surface area contributed by atoms with Gasteiger partial charge in [-0.25, -0.2) is 9.48 Å². The molecule has 2 atom stereocenters. The number of anilines is 2. The second-order valence-corrected chi connectivity index (χ2v) is 13.0. The van der Waals surface area contributed by atoms with E-state index in [2.05, 4.69) is 42.8 Å². The minimum Gasteiger partial charge on any atom is -0.317 e. The van der Waals surface area contributed by atoms with Crippen LogP contribution >= 0.6 is 0 Å². The Morgan fingerprint density at radius 2 is 1.64 bits per heavy atom. The average Bonchev–Trinajstić information content (AvgIpc) is 3.46. The van der Waals surface area contributed by atoms with Gasteiger partial charge >= 0.3 is 6.03 Å². The molecule has 0 saturated carbocycles. The number of aryl methyl sites for hydroxylation is 1. The summed E-state index contributed by atoms with van der Waals surface area (Å²) < 4.78 is 1.75. The maximum Gasteiger partial charge on any atom is 0.324 e. The summed E-state index contributed by atoms with van der Waals surface area (Å²) >= 11 is 0. The number of carbonyl (C=O) groups excluding carboxylic acids is 2. The predicted octanol–water partition coefficient (Wildman–Crippen LogP) is 7.72. The number of aromatic nitrogens is 2. The number of nitriles is 1. The molecule has 4 aromatic rings. The number of Topliss-reactive ketones (excluding diaryl/α,β-unsaturated/α-hetero) is 1. The Morgan fingerprint density at radius 1 is 0.956 bits per heavy atom. The van der Waals surface area contributed by atoms with E-state index in [9.17, 15) is 14.9 Å². The molecule has 3 N–H and O–H groups in total. The molecule has 1 aliphatic rings. The number of urea groups is 1. The monoisotopic (exact) mass is 602 g/mol. The van der Waals surface area contributed by atoms with Crippen LogP contribution in [0.3, 0.4) is 0 Å². The van der Waals surface area contributed by atoms with E-state index in [1.165, 1.54) is 0 Å². The van der Waals surface area contributed by atoms with Crippen molar-refractivity contribution >= 4 is 23.3 Å². The van der Waals surface area contributed by atoms with Gasteiger partial charge in [0.25, 0.3) is 0 Å². The largest absolute Gasteiger partial charge is 0.324 e. The molecule has 1 unspecified atom stereocenters. The van der Waals surface area contributed by atoms with E-state index in [1.54, 1.807) is 4.68 Å². The predicted molar refractivity (Wildman–Crippen MR) is 179 cm³/mol. The number of nitrogens with zero attached hydrogens (tertiary/aromatic N) is 3. The summed E-state index contributed by atoms with van der Waals surface area (Å²) in [6, 6.07) is 26.8. The first-order valence-electron chi connectivity index (χ1n) is 15.6. The van der Waals surface area contributed by atoms with Gasteiger partial charge in [0.2, 0.25) is 0 Å². The zero-order valence-electron chi connectivity index (χ0n) is 26.7. The highest BCUT2D eigenvalue weighted by atomic mass is 16.2. The number of nitrogens with one attached hydrogen (secondary N) is 3. The normalized spacial score (nSPS) is 15.1. The minimum atomic E-state index is -0.399. The van der Waals surface area contributed by atoms with Gasteiger partial charge in [0, 0.05) is 22.7 Å². The summed E-state index contributed by atoms with van der Waals surface area (Å²) in [4.78, 5) is 27.5. The van der Waals surface area contributed by atoms with Crippen molar-refractivity contribution in [3.8, 4) is 11.8 Å². The fourth-order valence-electron chi connectivity index (χ4n) is 5.84. The van der Waals surface area contributed by atoms with E-state index >= 15 is 0 Å². The van der Waals surface area contributed by atoms with Gasteiger partial charge in [-0.3, -0.25) is 10.1 Å². The summed E-state index contributed by atoms with van der Waals surface area (Å²) in [6.45, 7) is 11.8. The number of hydrogen-bond donors (Lipinski definition) is 3. The Hall–Kier alpha value is -4.74. The third-order valence-electron chi connectivity index (χ3n) is 8.50. The lowest BCUT2D eigenvalue weighted by molar-refractivity contribution is 0.0916. The molecular formula is C37H42N6O2. The van der Waals surface area contributed by atoms with Crippen LogP contribution in [0.5, 0.6) is 0 Å². The van der Waals surface area contributed by atoms with Crippen LogP contribution in [0.4, 0.5) is 16.3 Å². The van der Waals surface area contributed by atoms with Crippen molar-refractivity contribution in [3.05, 3.63) is 107 Å². The number of ketones is 1. The van der Waals surface area contributed by atoms with Crippen molar-refractivity contribution in [2.24, 2.45) is 5.92 Å². The summed E-state index contributed by atoms with van der Waals surface area (Å²) in [6.07, 6.45) is 1.75. The third-order valence-corrected chi connectivity index (χ3v) is 8.50. The van der Waals surface area contributed by atoms with E-state index in [4.69, 9.17) is 5.10 Å². The maximum absolute atomic E-state index is 14.1. The Morgan fingerprint density at radius 3 is 2.33 bits per heavy atom. The van der Waals surface area contributed by atoms with Crippen LogP contribution in [0.1, 0.15) is 85.1 Å². The quantitative estimate of drug-likeness (QED) is 0.179. The van der Waals surface area contributed by atoms with Crippen LogP contribution < -0.4 is 16.0 Å². The van der Waals surface area contributed by atoms with Crippen molar-refractivity contribution in [2.45, 2.75) is 64.7 Å². The molecule has 45 heavy (non-hydrogen) atoms. The van der Waals surface area contributed by atoms with Crippen molar-refractivity contribution in [1.29, 1.82) is 5.26 Å². The zero-order chi connectivity index (χ0) is 32.1. The SMILES string of the molecule is Cc1ccc(-n2nc(C(C)(C)C)cc2NC(=O)Nc2cccc(C(C(=O)c3cccc([C@@H](C)C#N)c3)C3CCNCC3)c2)cc1. The Bertz CT molecular complexity index is 1700. The molecule has 0 aliphatic carbocycles. The number of carbonyl (C=O) groups is 2. The number of hydrogen-bond acceptors (Lipinski definition) is 5. The Balaban J connectivity index is 1.41. The van der Waals surface area contributed by atoms with E-state index in [1.807, 2.05) is 92.7 Å². The van der Waals surface area contributed by atoms with Crippen molar-refractivity contribution in [3.63, 3.8) is 0 Å².